The van der Waals surface area contributed by atoms with Crippen LogP contribution in [0.15, 0.2) is 15.7 Å². The summed E-state index contributed by atoms with van der Waals surface area (Å²) in [6, 6.07) is 1.23. The summed E-state index contributed by atoms with van der Waals surface area (Å²) in [4.78, 5) is 25.3. The Kier molecular flexibility index (Phi) is 4.64. The third kappa shape index (κ3) is 3.24. The molecule has 128 valence electrons. The highest BCUT2D eigenvalue weighted by molar-refractivity contribution is 5.10. The molecule has 2 aliphatic rings. The van der Waals surface area contributed by atoms with Crippen molar-refractivity contribution in [3.05, 3.63) is 26.9 Å². The molecule has 5 heteroatoms. The monoisotopic (exact) mass is 320 g/mol. The van der Waals surface area contributed by atoms with E-state index < -0.39 is 0 Å². The van der Waals surface area contributed by atoms with Crippen LogP contribution in [-0.2, 0) is 0 Å². The van der Waals surface area contributed by atoms with Crippen LogP contribution in [0, 0.1) is 11.8 Å². The van der Waals surface area contributed by atoms with E-state index >= 15 is 0 Å². The minimum Gasteiger partial charge on any atom is -0.494 e. The number of nitrogens with zero attached hydrogens (tertiary/aromatic N) is 2. The highest BCUT2D eigenvalue weighted by atomic mass is 16.3. The molecule has 1 heterocycles. The molecule has 4 unspecified atom stereocenters. The Morgan fingerprint density at radius 2 is 1.43 bits per heavy atom. The molecule has 0 aliphatic heterocycles. The first-order chi connectivity index (χ1) is 11.0. The molecule has 3 rings (SSSR count). The van der Waals surface area contributed by atoms with E-state index in [-0.39, 0.29) is 29.2 Å². The van der Waals surface area contributed by atoms with Crippen LogP contribution in [0.1, 0.15) is 77.3 Å². The van der Waals surface area contributed by atoms with Crippen LogP contribution >= 0.6 is 0 Å². The molecule has 4 atom stereocenters. The normalized spacial score (nSPS) is 31.9. The van der Waals surface area contributed by atoms with Crippen molar-refractivity contribution in [1.82, 2.24) is 9.13 Å². The van der Waals surface area contributed by atoms with Gasteiger partial charge in [0.05, 0.1) is 6.07 Å². The molecule has 2 aliphatic carbocycles. The minimum absolute atomic E-state index is 0.0131. The Hall–Kier alpha value is -1.52. The highest BCUT2D eigenvalue weighted by Gasteiger charge is 2.28. The van der Waals surface area contributed by atoms with E-state index in [9.17, 15) is 14.7 Å². The summed E-state index contributed by atoms with van der Waals surface area (Å²) in [6.45, 7) is 4.37. The molecule has 1 aromatic rings. The lowest BCUT2D eigenvalue weighted by Crippen LogP contribution is -2.44. The summed E-state index contributed by atoms with van der Waals surface area (Å²) in [7, 11) is 0. The largest absolute Gasteiger partial charge is 0.494 e. The zero-order chi connectivity index (χ0) is 16.6. The molecule has 0 saturated heterocycles. The van der Waals surface area contributed by atoms with Gasteiger partial charge < -0.3 is 5.11 Å². The third-order valence-electron chi connectivity index (χ3n) is 5.70. The maximum Gasteiger partial charge on any atom is 0.334 e. The molecule has 0 spiro atoms. The summed E-state index contributed by atoms with van der Waals surface area (Å²) in [5.41, 5.74) is -0.667. The standard InChI is InChI=1S/C18H28N2O3/c1-12-5-3-7-14(9-12)19-16(21)11-17(22)20(18(19)23)15-8-4-6-13(2)10-15/h11-15,21H,3-10H2,1-2H3. The SMILES string of the molecule is CC1CCCC(n2c(O)cc(=O)n(C3CCCC(C)C3)c2=O)C1. The smallest absolute Gasteiger partial charge is 0.334 e. The molecule has 0 radical (unpaired) electrons. The van der Waals surface area contributed by atoms with Gasteiger partial charge in [0.1, 0.15) is 0 Å². The molecule has 0 aromatic carbocycles. The van der Waals surface area contributed by atoms with Gasteiger partial charge in [0.2, 0.25) is 5.88 Å². The number of rotatable bonds is 2. The molecule has 1 N–H and O–H groups in total. The van der Waals surface area contributed by atoms with Gasteiger partial charge in [0.25, 0.3) is 5.56 Å². The molecule has 2 fully saturated rings. The Morgan fingerprint density at radius 3 is 1.96 bits per heavy atom. The second kappa shape index (κ2) is 6.54. The second-order valence-corrected chi connectivity index (χ2v) is 7.71. The predicted molar refractivity (Wildman–Crippen MR) is 90.0 cm³/mol. The van der Waals surface area contributed by atoms with Gasteiger partial charge in [-0.25, -0.2) is 4.79 Å². The van der Waals surface area contributed by atoms with Crippen LogP contribution in [0.2, 0.25) is 0 Å². The number of aromatic hydroxyl groups is 1. The van der Waals surface area contributed by atoms with Crippen LogP contribution in [0.4, 0.5) is 0 Å². The number of hydrogen-bond acceptors (Lipinski definition) is 3. The molecule has 0 bridgehead atoms. The van der Waals surface area contributed by atoms with Crippen molar-refractivity contribution in [3.63, 3.8) is 0 Å². The van der Waals surface area contributed by atoms with Crippen molar-refractivity contribution in [2.75, 3.05) is 0 Å². The van der Waals surface area contributed by atoms with Gasteiger partial charge >= 0.3 is 5.69 Å². The van der Waals surface area contributed by atoms with Crippen LogP contribution in [0.3, 0.4) is 0 Å². The fraction of sp³-hybridized carbons (Fsp3) is 0.778. The molecule has 2 saturated carbocycles. The van der Waals surface area contributed by atoms with Crippen LogP contribution in [0.25, 0.3) is 0 Å². The average Bonchev–Trinajstić information content (AvgIpc) is 2.47. The van der Waals surface area contributed by atoms with Gasteiger partial charge in [-0.3, -0.25) is 13.9 Å². The Labute approximate surface area is 137 Å². The van der Waals surface area contributed by atoms with Crippen LogP contribution in [-0.4, -0.2) is 14.2 Å². The Balaban J connectivity index is 2.02. The van der Waals surface area contributed by atoms with E-state index in [4.69, 9.17) is 0 Å². The summed E-state index contributed by atoms with van der Waals surface area (Å²) in [6.07, 6.45) is 8.01. The second-order valence-electron chi connectivity index (χ2n) is 7.71. The first-order valence-corrected chi connectivity index (χ1v) is 9.04. The number of aromatic nitrogens is 2. The Bertz CT molecular complexity index is 676. The summed E-state index contributed by atoms with van der Waals surface area (Å²) < 4.78 is 2.89. The summed E-state index contributed by atoms with van der Waals surface area (Å²) in [5, 5.41) is 10.2. The maximum atomic E-state index is 13.0. The lowest BCUT2D eigenvalue weighted by Gasteiger charge is -2.31. The van der Waals surface area contributed by atoms with Gasteiger partial charge in [-0.1, -0.05) is 39.5 Å². The zero-order valence-electron chi connectivity index (χ0n) is 14.2. The highest BCUT2D eigenvalue weighted by Crippen LogP contribution is 2.34. The molecular weight excluding hydrogens is 292 g/mol. The van der Waals surface area contributed by atoms with Gasteiger partial charge in [0.15, 0.2) is 0 Å². The fourth-order valence-electron chi connectivity index (χ4n) is 4.51. The van der Waals surface area contributed by atoms with E-state index in [0.29, 0.717) is 11.8 Å². The first-order valence-electron chi connectivity index (χ1n) is 9.04. The van der Waals surface area contributed by atoms with Crippen molar-refractivity contribution in [1.29, 1.82) is 0 Å². The number of hydrogen-bond donors (Lipinski definition) is 1. The van der Waals surface area contributed by atoms with E-state index in [2.05, 4.69) is 13.8 Å². The van der Waals surface area contributed by atoms with Crippen molar-refractivity contribution in [2.24, 2.45) is 11.8 Å². The lowest BCUT2D eigenvalue weighted by atomic mass is 9.86. The first kappa shape index (κ1) is 16.3. The molecule has 23 heavy (non-hydrogen) atoms. The van der Waals surface area contributed by atoms with Crippen molar-refractivity contribution >= 4 is 0 Å². The van der Waals surface area contributed by atoms with E-state index in [1.165, 1.54) is 21.6 Å². The van der Waals surface area contributed by atoms with Crippen molar-refractivity contribution in [2.45, 2.75) is 77.3 Å². The van der Waals surface area contributed by atoms with Crippen molar-refractivity contribution in [3.8, 4) is 5.88 Å². The molecule has 5 nitrogen and oxygen atoms in total. The molecule has 0 amide bonds. The maximum absolute atomic E-state index is 13.0. The van der Waals surface area contributed by atoms with Crippen LogP contribution in [0.5, 0.6) is 5.88 Å². The van der Waals surface area contributed by atoms with E-state index in [0.717, 1.165) is 44.9 Å². The third-order valence-corrected chi connectivity index (χ3v) is 5.70. The fourth-order valence-corrected chi connectivity index (χ4v) is 4.51. The van der Waals surface area contributed by atoms with E-state index in [1.54, 1.807) is 0 Å². The van der Waals surface area contributed by atoms with Crippen molar-refractivity contribution < 1.29 is 5.11 Å². The predicted octanol–water partition coefficient (Wildman–Crippen LogP) is 3.22. The van der Waals surface area contributed by atoms with Gasteiger partial charge in [0, 0.05) is 12.1 Å². The lowest BCUT2D eigenvalue weighted by molar-refractivity contribution is 0.229. The van der Waals surface area contributed by atoms with E-state index in [1.807, 2.05) is 0 Å². The van der Waals surface area contributed by atoms with Crippen LogP contribution < -0.4 is 11.2 Å². The average molecular weight is 320 g/mol. The quantitative estimate of drug-likeness (QED) is 0.910. The van der Waals surface area contributed by atoms with Gasteiger partial charge in [-0.05, 0) is 37.5 Å². The topological polar surface area (TPSA) is 64.2 Å². The summed E-state index contributed by atoms with van der Waals surface area (Å²) in [5.74, 6) is 0.923. The zero-order valence-corrected chi connectivity index (χ0v) is 14.2. The molecule has 1 aromatic heterocycles. The Morgan fingerprint density at radius 1 is 0.913 bits per heavy atom. The summed E-state index contributed by atoms with van der Waals surface area (Å²) >= 11 is 0. The minimum atomic E-state index is -0.355. The molecular formula is C18H28N2O3. The van der Waals surface area contributed by atoms with Gasteiger partial charge in [-0.2, -0.15) is 0 Å². The van der Waals surface area contributed by atoms with Gasteiger partial charge in [-0.15, -0.1) is 0 Å².